The van der Waals surface area contributed by atoms with Crippen molar-refractivity contribution in [3.05, 3.63) is 89.1 Å². The first kappa shape index (κ1) is 33.3. The van der Waals surface area contributed by atoms with Gasteiger partial charge in [-0.1, -0.05) is 85.8 Å². The molecule has 0 saturated heterocycles. The molecule has 196 valence electrons. The van der Waals surface area contributed by atoms with Gasteiger partial charge in [0.25, 0.3) is 0 Å². The molecule has 1 aromatic carbocycles. The number of aliphatic hydroxyl groups is 1. The first-order valence-corrected chi connectivity index (χ1v) is 14.5. The number of alkyl halides is 1. The van der Waals surface area contributed by atoms with Crippen LogP contribution in [0.15, 0.2) is 73.7 Å². The smallest absolute Gasteiger partial charge is 0.144 e. The molecule has 2 aromatic rings. The highest BCUT2D eigenvalue weighted by molar-refractivity contribution is 9.08. The van der Waals surface area contributed by atoms with Gasteiger partial charge in [0.05, 0.1) is 6.61 Å². The zero-order chi connectivity index (χ0) is 26.7. The van der Waals surface area contributed by atoms with Gasteiger partial charge in [-0.2, -0.15) is 0 Å². The van der Waals surface area contributed by atoms with Crippen molar-refractivity contribution in [3.8, 4) is 0 Å². The highest BCUT2D eigenvalue weighted by Gasteiger charge is 2.41. The van der Waals surface area contributed by atoms with Crippen LogP contribution in [0.5, 0.6) is 0 Å². The van der Waals surface area contributed by atoms with E-state index in [-0.39, 0.29) is 5.92 Å². The van der Waals surface area contributed by atoms with Crippen LogP contribution < -0.4 is 0 Å². The standard InChI is InChI=1S/C17H23NOS.C11H19NO.CH3Br/c1-4-9-14(5-2)17(19,15-10-7-6-8-11-15)16-18-12-13(3)20-16;1-5-8-11(6-2)13-10-7-9-12(3)4;1-2/h6-8,10-12,14,19H,4-5,9H2,1-3H3;5-6,8H,1-2,7,9-10H2,3-4H3;1H3/b;11-8+;. The lowest BCUT2D eigenvalue weighted by atomic mass is 9.78. The summed E-state index contributed by atoms with van der Waals surface area (Å²) in [7, 11) is 4.10. The SMILES string of the molecule is C=C/C=C(\C=C)OCCCN(C)C.CBr.CCCC(CC)C(O)(c1ccccc1)c1ncc(C)s1. The Kier molecular flexibility index (Phi) is 18.5. The van der Waals surface area contributed by atoms with Crippen molar-refractivity contribution in [2.24, 2.45) is 5.92 Å². The third-order valence-electron chi connectivity index (χ3n) is 5.38. The van der Waals surface area contributed by atoms with Crippen LogP contribution in [0.4, 0.5) is 0 Å². The Morgan fingerprint density at radius 1 is 1.23 bits per heavy atom. The molecule has 0 aliphatic heterocycles. The molecule has 2 atom stereocenters. The van der Waals surface area contributed by atoms with Gasteiger partial charge in [-0.15, -0.1) is 11.3 Å². The average molecular weight is 566 g/mol. The van der Waals surface area contributed by atoms with Gasteiger partial charge in [-0.25, -0.2) is 4.98 Å². The minimum Gasteiger partial charge on any atom is -0.494 e. The van der Waals surface area contributed by atoms with E-state index < -0.39 is 5.60 Å². The van der Waals surface area contributed by atoms with Crippen molar-refractivity contribution in [1.82, 2.24) is 9.88 Å². The summed E-state index contributed by atoms with van der Waals surface area (Å²) >= 11 is 4.54. The Bertz CT molecular complexity index is 851. The first-order valence-electron chi connectivity index (χ1n) is 12.1. The predicted molar refractivity (Wildman–Crippen MR) is 157 cm³/mol. The Morgan fingerprint density at radius 3 is 2.34 bits per heavy atom. The lowest BCUT2D eigenvalue weighted by Gasteiger charge is -2.34. The molecule has 2 unspecified atom stereocenters. The molecule has 0 spiro atoms. The molecule has 35 heavy (non-hydrogen) atoms. The summed E-state index contributed by atoms with van der Waals surface area (Å²) in [6.07, 6.45) is 11.1. The van der Waals surface area contributed by atoms with Gasteiger partial charge in [0.2, 0.25) is 0 Å². The normalized spacial score (nSPS) is 13.5. The summed E-state index contributed by atoms with van der Waals surface area (Å²) in [5.41, 5.74) is -0.0139. The second-order valence-corrected chi connectivity index (χ2v) is 9.55. The molecule has 6 heteroatoms. The molecule has 0 amide bonds. The number of rotatable bonds is 13. The summed E-state index contributed by atoms with van der Waals surface area (Å²) in [5, 5.41) is 12.3. The third kappa shape index (κ3) is 11.7. The van der Waals surface area contributed by atoms with Gasteiger partial charge in [0, 0.05) is 17.6 Å². The van der Waals surface area contributed by atoms with Crippen LogP contribution in [0.1, 0.15) is 55.0 Å². The maximum absolute atomic E-state index is 11.5. The molecule has 4 nitrogen and oxygen atoms in total. The number of hydrogen-bond donors (Lipinski definition) is 1. The molecule has 0 aliphatic rings. The van der Waals surface area contributed by atoms with Crippen LogP contribution in [-0.2, 0) is 10.3 Å². The Morgan fingerprint density at radius 2 is 1.89 bits per heavy atom. The lowest BCUT2D eigenvalue weighted by molar-refractivity contribution is 0.00962. The molecule has 0 fully saturated rings. The van der Waals surface area contributed by atoms with Crippen molar-refractivity contribution in [2.45, 2.75) is 52.1 Å². The van der Waals surface area contributed by atoms with Crippen molar-refractivity contribution < 1.29 is 9.84 Å². The molecular weight excluding hydrogens is 520 g/mol. The Balaban J connectivity index is 0.000000672. The fourth-order valence-electron chi connectivity index (χ4n) is 3.68. The number of aryl methyl sites for hydroxylation is 1. The number of halogens is 1. The van der Waals surface area contributed by atoms with E-state index in [9.17, 15) is 5.11 Å². The Hall–Kier alpha value is -1.73. The minimum atomic E-state index is -0.967. The van der Waals surface area contributed by atoms with Gasteiger partial charge in [-0.3, -0.25) is 0 Å². The number of allylic oxidation sites excluding steroid dienone is 3. The molecule has 1 aromatic heterocycles. The van der Waals surface area contributed by atoms with Gasteiger partial charge in [0.1, 0.15) is 16.4 Å². The zero-order valence-corrected chi connectivity index (χ0v) is 24.9. The number of hydrogen-bond acceptors (Lipinski definition) is 5. The van der Waals surface area contributed by atoms with Crippen molar-refractivity contribution in [1.29, 1.82) is 0 Å². The van der Waals surface area contributed by atoms with Crippen molar-refractivity contribution in [2.75, 3.05) is 33.1 Å². The minimum absolute atomic E-state index is 0.195. The zero-order valence-electron chi connectivity index (χ0n) is 22.5. The van der Waals surface area contributed by atoms with Gasteiger partial charge in [0.15, 0.2) is 0 Å². The molecule has 2 rings (SSSR count). The molecule has 0 radical (unpaired) electrons. The maximum atomic E-state index is 11.5. The lowest BCUT2D eigenvalue weighted by Crippen LogP contribution is -2.36. The van der Waals surface area contributed by atoms with E-state index in [1.54, 1.807) is 23.5 Å². The van der Waals surface area contributed by atoms with Gasteiger partial charge in [-0.05, 0) is 69.7 Å². The highest BCUT2D eigenvalue weighted by Crippen LogP contribution is 2.42. The third-order valence-corrected chi connectivity index (χ3v) is 6.42. The largest absolute Gasteiger partial charge is 0.494 e. The van der Waals surface area contributed by atoms with Crippen LogP contribution in [0.25, 0.3) is 0 Å². The van der Waals surface area contributed by atoms with E-state index in [1.165, 1.54) is 0 Å². The summed E-state index contributed by atoms with van der Waals surface area (Å²) in [6, 6.07) is 9.97. The van der Waals surface area contributed by atoms with Crippen LogP contribution in [0.3, 0.4) is 0 Å². The van der Waals surface area contributed by atoms with Crippen LogP contribution in [-0.4, -0.2) is 48.1 Å². The molecule has 0 bridgehead atoms. The van der Waals surface area contributed by atoms with Crippen LogP contribution in [0.2, 0.25) is 0 Å². The summed E-state index contributed by atoms with van der Waals surface area (Å²) in [4.78, 5) is 7.76. The quantitative estimate of drug-likeness (QED) is 0.117. The van der Waals surface area contributed by atoms with E-state index >= 15 is 0 Å². The van der Waals surface area contributed by atoms with Gasteiger partial charge < -0.3 is 14.7 Å². The number of thiazole rings is 1. The number of ether oxygens (including phenoxy) is 1. The fraction of sp³-hybridized carbons (Fsp3) is 0.483. The maximum Gasteiger partial charge on any atom is 0.144 e. The van der Waals surface area contributed by atoms with Crippen LogP contribution >= 0.6 is 27.3 Å². The predicted octanol–water partition coefficient (Wildman–Crippen LogP) is 7.74. The van der Waals surface area contributed by atoms with E-state index in [0.717, 1.165) is 60.0 Å². The number of benzene rings is 1. The fourth-order valence-corrected chi connectivity index (χ4v) is 4.63. The topological polar surface area (TPSA) is 45.6 Å². The molecule has 0 saturated carbocycles. The van der Waals surface area contributed by atoms with E-state index in [4.69, 9.17) is 4.74 Å². The second kappa shape index (κ2) is 19.5. The van der Waals surface area contributed by atoms with Crippen LogP contribution in [0, 0.1) is 12.8 Å². The Labute approximate surface area is 226 Å². The van der Waals surface area contributed by atoms with E-state index in [1.807, 2.05) is 69.5 Å². The van der Waals surface area contributed by atoms with E-state index in [2.05, 4.69) is 52.8 Å². The van der Waals surface area contributed by atoms with Crippen molar-refractivity contribution in [3.63, 3.8) is 0 Å². The molecule has 1 N–H and O–H groups in total. The summed E-state index contributed by atoms with van der Waals surface area (Å²) in [6.45, 7) is 15.4. The average Bonchev–Trinajstić information content (AvgIpc) is 3.32. The van der Waals surface area contributed by atoms with Crippen molar-refractivity contribution >= 4 is 27.3 Å². The van der Waals surface area contributed by atoms with Gasteiger partial charge >= 0.3 is 0 Å². The molecule has 1 heterocycles. The summed E-state index contributed by atoms with van der Waals surface area (Å²) in [5.74, 6) is 2.79. The second-order valence-electron chi connectivity index (χ2n) is 8.32. The molecular formula is C29H45BrN2O2S. The molecule has 0 aliphatic carbocycles. The number of nitrogens with zero attached hydrogens (tertiary/aromatic N) is 2. The highest BCUT2D eigenvalue weighted by atomic mass is 79.9. The monoisotopic (exact) mass is 564 g/mol. The number of aromatic nitrogens is 1. The summed E-state index contributed by atoms with van der Waals surface area (Å²) < 4.78 is 5.43. The van der Waals surface area contributed by atoms with E-state index in [0.29, 0.717) is 0 Å². The first-order chi connectivity index (χ1) is 16.8.